The van der Waals surface area contributed by atoms with E-state index in [-0.39, 0.29) is 22.8 Å². The molecule has 0 radical (unpaired) electrons. The summed E-state index contributed by atoms with van der Waals surface area (Å²) in [5.41, 5.74) is 0. The first kappa shape index (κ1) is 21.4. The summed E-state index contributed by atoms with van der Waals surface area (Å²) < 4.78 is 19.0. The van der Waals surface area contributed by atoms with Crippen molar-refractivity contribution in [1.29, 1.82) is 0 Å². The quantitative estimate of drug-likeness (QED) is 0.687. The largest absolute Gasteiger partial charge is 0.407 e. The Bertz CT molecular complexity index is 849. The van der Waals surface area contributed by atoms with E-state index in [4.69, 9.17) is 13.9 Å². The van der Waals surface area contributed by atoms with Crippen LogP contribution < -0.4 is 10.4 Å². The van der Waals surface area contributed by atoms with Crippen LogP contribution in [0.25, 0.3) is 0 Å². The molecule has 1 saturated carbocycles. The van der Waals surface area contributed by atoms with Gasteiger partial charge in [0.05, 0.1) is 6.10 Å². The highest BCUT2D eigenvalue weighted by molar-refractivity contribution is 6.99. The molecule has 3 atom stereocenters. The summed E-state index contributed by atoms with van der Waals surface area (Å²) >= 11 is 0. The standard InChI is InChI=1S/C25H32O4Si/c1-24(2,3)30(19-12-8-6-9-13-19,20-14-10-7-11-15-20)27-17-18-16-21(26)23-22(18)28-25(4,5)29-23/h6-15,18,22-23H,16-17H2,1-5H3/t18-,22?,23+/m0/s1. The van der Waals surface area contributed by atoms with Crippen LogP contribution in [0.5, 0.6) is 0 Å². The van der Waals surface area contributed by atoms with Crippen molar-refractivity contribution in [2.75, 3.05) is 6.61 Å². The maximum absolute atomic E-state index is 12.6. The molecule has 160 valence electrons. The van der Waals surface area contributed by atoms with Gasteiger partial charge in [0.1, 0.15) is 6.10 Å². The van der Waals surface area contributed by atoms with Gasteiger partial charge in [0.2, 0.25) is 0 Å². The van der Waals surface area contributed by atoms with Gasteiger partial charge in [0.25, 0.3) is 8.32 Å². The smallest absolute Gasteiger partial charge is 0.261 e. The van der Waals surface area contributed by atoms with Gasteiger partial charge in [0, 0.05) is 18.9 Å². The van der Waals surface area contributed by atoms with Gasteiger partial charge in [-0.1, -0.05) is 81.4 Å². The molecule has 1 saturated heterocycles. The number of benzene rings is 2. The van der Waals surface area contributed by atoms with E-state index < -0.39 is 20.2 Å². The topological polar surface area (TPSA) is 44.8 Å². The van der Waals surface area contributed by atoms with Crippen molar-refractivity contribution in [2.24, 2.45) is 5.92 Å². The van der Waals surface area contributed by atoms with Crippen LogP contribution in [0.3, 0.4) is 0 Å². The number of hydrogen-bond donors (Lipinski definition) is 0. The van der Waals surface area contributed by atoms with Crippen LogP contribution in [0.2, 0.25) is 5.04 Å². The van der Waals surface area contributed by atoms with Gasteiger partial charge in [-0.2, -0.15) is 0 Å². The molecular formula is C25H32O4Si. The summed E-state index contributed by atoms with van der Waals surface area (Å²) in [5, 5.41) is 2.39. The van der Waals surface area contributed by atoms with Gasteiger partial charge < -0.3 is 13.9 Å². The second kappa shape index (κ2) is 7.72. The summed E-state index contributed by atoms with van der Waals surface area (Å²) in [6.45, 7) is 11.0. The summed E-state index contributed by atoms with van der Waals surface area (Å²) in [4.78, 5) is 12.6. The molecule has 5 heteroatoms. The lowest BCUT2D eigenvalue weighted by molar-refractivity contribution is -0.163. The van der Waals surface area contributed by atoms with E-state index in [9.17, 15) is 4.79 Å². The van der Waals surface area contributed by atoms with Crippen molar-refractivity contribution in [3.05, 3.63) is 60.7 Å². The fraction of sp³-hybridized carbons (Fsp3) is 0.480. The van der Waals surface area contributed by atoms with Gasteiger partial charge in [-0.15, -0.1) is 0 Å². The SMILES string of the molecule is CC1(C)OC2[C@H](CO[Si](c3ccccc3)(c3ccccc3)C(C)(C)C)CC(=O)[C@H]2O1. The normalized spacial score (nSPS) is 26.0. The lowest BCUT2D eigenvalue weighted by Crippen LogP contribution is -2.67. The molecule has 4 rings (SSSR count). The molecule has 2 fully saturated rings. The van der Waals surface area contributed by atoms with Crippen molar-refractivity contribution in [3.63, 3.8) is 0 Å². The van der Waals surface area contributed by atoms with Crippen LogP contribution in [0.4, 0.5) is 0 Å². The second-order valence-corrected chi connectivity index (χ2v) is 14.2. The Morgan fingerprint density at radius 2 is 1.50 bits per heavy atom. The highest BCUT2D eigenvalue weighted by Crippen LogP contribution is 2.42. The molecule has 0 amide bonds. The molecule has 0 N–H and O–H groups in total. The Morgan fingerprint density at radius 3 is 2.00 bits per heavy atom. The Kier molecular flexibility index (Phi) is 5.52. The number of hydrogen-bond acceptors (Lipinski definition) is 4. The zero-order valence-electron chi connectivity index (χ0n) is 18.6. The Balaban J connectivity index is 1.70. The molecular weight excluding hydrogens is 392 g/mol. The number of fused-ring (bicyclic) bond motifs is 1. The van der Waals surface area contributed by atoms with E-state index in [1.165, 1.54) is 10.4 Å². The van der Waals surface area contributed by atoms with E-state index in [0.29, 0.717) is 13.0 Å². The summed E-state index contributed by atoms with van der Waals surface area (Å²) in [6.07, 6.45) is -0.248. The van der Waals surface area contributed by atoms with Crippen molar-refractivity contribution in [2.45, 2.75) is 64.1 Å². The monoisotopic (exact) mass is 424 g/mol. The number of carbonyl (C=O) groups is 1. The molecule has 2 aliphatic rings. The Morgan fingerprint density at radius 1 is 0.967 bits per heavy atom. The van der Waals surface area contributed by atoms with Crippen molar-refractivity contribution in [1.82, 2.24) is 0 Å². The predicted octanol–water partition coefficient (Wildman–Crippen LogP) is 3.67. The Labute approximate surface area is 180 Å². The van der Waals surface area contributed by atoms with Crippen LogP contribution >= 0.6 is 0 Å². The maximum atomic E-state index is 12.6. The predicted molar refractivity (Wildman–Crippen MR) is 121 cm³/mol. The molecule has 0 spiro atoms. The third-order valence-electron chi connectivity index (χ3n) is 6.31. The minimum absolute atomic E-state index is 0.00549. The summed E-state index contributed by atoms with van der Waals surface area (Å²) in [6, 6.07) is 21.2. The van der Waals surface area contributed by atoms with Gasteiger partial charge in [-0.05, 0) is 29.3 Å². The first-order valence-electron chi connectivity index (χ1n) is 10.8. The van der Waals surface area contributed by atoms with Crippen LogP contribution in [-0.2, 0) is 18.7 Å². The second-order valence-electron chi connectivity index (χ2n) is 9.93. The number of ether oxygens (including phenoxy) is 2. The zero-order valence-corrected chi connectivity index (χ0v) is 19.6. The van der Waals surface area contributed by atoms with Gasteiger partial charge >= 0.3 is 0 Å². The van der Waals surface area contributed by atoms with E-state index in [2.05, 4.69) is 69.3 Å². The van der Waals surface area contributed by atoms with Crippen LogP contribution in [0.1, 0.15) is 41.0 Å². The minimum Gasteiger partial charge on any atom is -0.407 e. The van der Waals surface area contributed by atoms with Crippen LogP contribution in [0, 0.1) is 5.92 Å². The van der Waals surface area contributed by atoms with Crippen molar-refractivity contribution < 1.29 is 18.7 Å². The minimum atomic E-state index is -2.63. The average Bonchev–Trinajstić information content (AvgIpc) is 3.17. The third-order valence-corrected chi connectivity index (χ3v) is 11.3. The van der Waals surface area contributed by atoms with Crippen molar-refractivity contribution in [3.8, 4) is 0 Å². The van der Waals surface area contributed by atoms with E-state index >= 15 is 0 Å². The molecule has 0 aromatic heterocycles. The zero-order chi connectivity index (χ0) is 21.6. The lowest BCUT2D eigenvalue weighted by atomic mass is 10.1. The molecule has 4 nitrogen and oxygen atoms in total. The molecule has 1 unspecified atom stereocenters. The van der Waals surface area contributed by atoms with Gasteiger partial charge in [0.15, 0.2) is 11.6 Å². The fourth-order valence-electron chi connectivity index (χ4n) is 5.02. The highest BCUT2D eigenvalue weighted by Gasteiger charge is 2.56. The first-order chi connectivity index (χ1) is 14.1. The maximum Gasteiger partial charge on any atom is 0.261 e. The molecule has 30 heavy (non-hydrogen) atoms. The molecule has 1 heterocycles. The summed E-state index contributed by atoms with van der Waals surface area (Å²) in [7, 11) is -2.63. The number of rotatable bonds is 5. The molecule has 1 aliphatic carbocycles. The molecule has 1 aliphatic heterocycles. The third kappa shape index (κ3) is 3.69. The first-order valence-corrected chi connectivity index (χ1v) is 12.7. The Hall–Kier alpha value is -1.79. The average molecular weight is 425 g/mol. The van der Waals surface area contributed by atoms with E-state index in [1.54, 1.807) is 0 Å². The highest BCUT2D eigenvalue weighted by atomic mass is 28.4. The van der Waals surface area contributed by atoms with Crippen LogP contribution in [0.15, 0.2) is 60.7 Å². The molecule has 2 aromatic rings. The van der Waals surface area contributed by atoms with Crippen LogP contribution in [-0.4, -0.2) is 38.7 Å². The van der Waals surface area contributed by atoms with E-state index in [1.807, 2.05) is 26.0 Å². The summed E-state index contributed by atoms with van der Waals surface area (Å²) in [5.74, 6) is -0.589. The number of carbonyl (C=O) groups excluding carboxylic acids is 1. The molecule has 0 bridgehead atoms. The van der Waals surface area contributed by atoms with Crippen molar-refractivity contribution >= 4 is 24.5 Å². The lowest BCUT2D eigenvalue weighted by Gasteiger charge is -2.43. The fourth-order valence-corrected chi connectivity index (χ4v) is 9.64. The van der Waals surface area contributed by atoms with Gasteiger partial charge in [-0.25, -0.2) is 0 Å². The molecule has 2 aromatic carbocycles. The van der Waals surface area contributed by atoms with Gasteiger partial charge in [-0.3, -0.25) is 4.79 Å². The van der Waals surface area contributed by atoms with E-state index in [0.717, 1.165) is 0 Å². The number of Topliss-reactive ketones (excluding diaryl/α,β-unsaturated/α-hetero) is 1. The number of ketones is 1.